The number of aryl methyl sites for hydroxylation is 1. The second kappa shape index (κ2) is 4.47. The number of hydrogen-bond donors (Lipinski definition) is 1. The van der Waals surface area contributed by atoms with Gasteiger partial charge in [0.1, 0.15) is 12.0 Å². The first-order valence-electron chi connectivity index (χ1n) is 5.22. The van der Waals surface area contributed by atoms with Crippen molar-refractivity contribution in [2.75, 3.05) is 0 Å². The number of phenols is 1. The van der Waals surface area contributed by atoms with E-state index in [0.717, 1.165) is 23.0 Å². The van der Waals surface area contributed by atoms with Crippen LogP contribution in [0.1, 0.15) is 41.5 Å². The first-order valence-corrected chi connectivity index (χ1v) is 5.22. The molecule has 1 aromatic carbocycles. The van der Waals surface area contributed by atoms with Crippen LogP contribution in [0.5, 0.6) is 5.75 Å². The summed E-state index contributed by atoms with van der Waals surface area (Å²) in [5.74, 6) is 0.564. The van der Waals surface area contributed by atoms with E-state index >= 15 is 0 Å². The second-order valence-electron chi connectivity index (χ2n) is 4.18. The maximum Gasteiger partial charge on any atom is 0.120 e. The molecular formula is C13H18O2. The molecule has 82 valence electrons. The van der Waals surface area contributed by atoms with Crippen molar-refractivity contribution in [2.24, 2.45) is 0 Å². The molecule has 0 heterocycles. The molecule has 0 aromatic heterocycles. The van der Waals surface area contributed by atoms with Gasteiger partial charge >= 0.3 is 0 Å². The number of carbonyl (C=O) groups excluding carboxylic acids is 1. The van der Waals surface area contributed by atoms with Crippen LogP contribution in [0.4, 0.5) is 0 Å². The standard InChI is InChI=1S/C13H18O2/c1-8(5-6-14)13-9(2)7-12(15)10(3)11(13)4/h6-8,15H,5H2,1-4H3. The van der Waals surface area contributed by atoms with Gasteiger partial charge in [0.2, 0.25) is 0 Å². The lowest BCUT2D eigenvalue weighted by Gasteiger charge is -2.18. The molecule has 0 aliphatic heterocycles. The lowest BCUT2D eigenvalue weighted by atomic mass is 9.87. The van der Waals surface area contributed by atoms with Gasteiger partial charge in [0.15, 0.2) is 0 Å². The Morgan fingerprint density at radius 1 is 1.33 bits per heavy atom. The van der Waals surface area contributed by atoms with Gasteiger partial charge in [-0.2, -0.15) is 0 Å². The van der Waals surface area contributed by atoms with Crippen LogP contribution in [0, 0.1) is 20.8 Å². The van der Waals surface area contributed by atoms with Gasteiger partial charge in [-0.15, -0.1) is 0 Å². The van der Waals surface area contributed by atoms with Crippen LogP contribution in [0.15, 0.2) is 6.07 Å². The highest BCUT2D eigenvalue weighted by Crippen LogP contribution is 2.32. The summed E-state index contributed by atoms with van der Waals surface area (Å²) in [6.45, 7) is 7.92. The molecule has 2 nitrogen and oxygen atoms in total. The molecule has 0 radical (unpaired) electrons. The molecule has 1 rings (SSSR count). The Bertz CT molecular complexity index is 381. The normalized spacial score (nSPS) is 12.5. The molecule has 0 spiro atoms. The zero-order valence-corrected chi connectivity index (χ0v) is 9.79. The molecule has 1 aromatic rings. The molecule has 0 saturated carbocycles. The number of aldehydes is 1. The Morgan fingerprint density at radius 2 is 1.93 bits per heavy atom. The molecule has 0 saturated heterocycles. The van der Waals surface area contributed by atoms with Crippen molar-refractivity contribution in [1.29, 1.82) is 0 Å². The van der Waals surface area contributed by atoms with Gasteiger partial charge in [0, 0.05) is 6.42 Å². The predicted octanol–water partition coefficient (Wildman–Crippen LogP) is 3.01. The second-order valence-corrected chi connectivity index (χ2v) is 4.18. The van der Waals surface area contributed by atoms with Gasteiger partial charge in [0.25, 0.3) is 0 Å². The van der Waals surface area contributed by atoms with E-state index in [2.05, 4.69) is 0 Å². The van der Waals surface area contributed by atoms with Crippen LogP contribution < -0.4 is 0 Å². The van der Waals surface area contributed by atoms with E-state index < -0.39 is 0 Å². The van der Waals surface area contributed by atoms with Crippen molar-refractivity contribution >= 4 is 6.29 Å². The summed E-state index contributed by atoms with van der Waals surface area (Å²) in [7, 11) is 0. The highest BCUT2D eigenvalue weighted by atomic mass is 16.3. The van der Waals surface area contributed by atoms with Gasteiger partial charge in [-0.25, -0.2) is 0 Å². The molecular weight excluding hydrogens is 188 g/mol. The summed E-state index contributed by atoms with van der Waals surface area (Å²) in [5.41, 5.74) is 4.26. The first kappa shape index (κ1) is 11.8. The minimum Gasteiger partial charge on any atom is -0.508 e. The fourth-order valence-corrected chi connectivity index (χ4v) is 2.10. The quantitative estimate of drug-likeness (QED) is 0.772. The number of phenolic OH excluding ortho intramolecular Hbond substituents is 1. The fourth-order valence-electron chi connectivity index (χ4n) is 2.10. The van der Waals surface area contributed by atoms with Crippen LogP contribution in [0.25, 0.3) is 0 Å². The van der Waals surface area contributed by atoms with Crippen LogP contribution in [-0.4, -0.2) is 11.4 Å². The number of hydrogen-bond acceptors (Lipinski definition) is 2. The third-order valence-corrected chi connectivity index (χ3v) is 3.07. The Hall–Kier alpha value is -1.31. The summed E-state index contributed by atoms with van der Waals surface area (Å²) < 4.78 is 0. The van der Waals surface area contributed by atoms with Gasteiger partial charge < -0.3 is 9.90 Å². The molecule has 2 heteroatoms. The van der Waals surface area contributed by atoms with Crippen molar-refractivity contribution in [3.63, 3.8) is 0 Å². The minimum atomic E-state index is 0.224. The topological polar surface area (TPSA) is 37.3 Å². The number of aromatic hydroxyl groups is 1. The largest absolute Gasteiger partial charge is 0.508 e. The number of carbonyl (C=O) groups is 1. The van der Waals surface area contributed by atoms with Crippen LogP contribution >= 0.6 is 0 Å². The molecule has 15 heavy (non-hydrogen) atoms. The van der Waals surface area contributed by atoms with Gasteiger partial charge in [-0.1, -0.05) is 6.92 Å². The zero-order chi connectivity index (χ0) is 11.6. The van der Waals surface area contributed by atoms with E-state index in [9.17, 15) is 9.90 Å². The first-order chi connectivity index (χ1) is 6.99. The van der Waals surface area contributed by atoms with E-state index in [0.29, 0.717) is 12.2 Å². The van der Waals surface area contributed by atoms with Crippen LogP contribution in [0.2, 0.25) is 0 Å². The van der Waals surface area contributed by atoms with E-state index in [1.54, 1.807) is 6.07 Å². The summed E-state index contributed by atoms with van der Waals surface area (Å²) in [5, 5.41) is 9.65. The minimum absolute atomic E-state index is 0.224. The highest BCUT2D eigenvalue weighted by molar-refractivity contribution is 5.55. The van der Waals surface area contributed by atoms with Crippen LogP contribution in [0.3, 0.4) is 0 Å². The molecule has 0 aliphatic rings. The highest BCUT2D eigenvalue weighted by Gasteiger charge is 2.14. The number of rotatable bonds is 3. The summed E-state index contributed by atoms with van der Waals surface area (Å²) in [4.78, 5) is 10.5. The van der Waals surface area contributed by atoms with Gasteiger partial charge in [-0.05, 0) is 55.0 Å². The Labute approximate surface area is 90.9 Å². The van der Waals surface area contributed by atoms with Crippen molar-refractivity contribution in [1.82, 2.24) is 0 Å². The molecule has 0 fully saturated rings. The lowest BCUT2D eigenvalue weighted by Crippen LogP contribution is -2.02. The van der Waals surface area contributed by atoms with E-state index in [1.807, 2.05) is 27.7 Å². The third kappa shape index (κ3) is 2.20. The molecule has 0 bridgehead atoms. The summed E-state index contributed by atoms with van der Waals surface area (Å²) in [6.07, 6.45) is 1.48. The monoisotopic (exact) mass is 206 g/mol. The molecule has 0 amide bonds. The smallest absolute Gasteiger partial charge is 0.120 e. The molecule has 0 aliphatic carbocycles. The fraction of sp³-hybridized carbons (Fsp3) is 0.462. The van der Waals surface area contributed by atoms with E-state index in [4.69, 9.17) is 0 Å². The van der Waals surface area contributed by atoms with Crippen molar-refractivity contribution < 1.29 is 9.90 Å². The average Bonchev–Trinajstić information content (AvgIpc) is 2.15. The van der Waals surface area contributed by atoms with Crippen molar-refractivity contribution in [3.8, 4) is 5.75 Å². The lowest BCUT2D eigenvalue weighted by molar-refractivity contribution is -0.108. The van der Waals surface area contributed by atoms with Crippen LogP contribution in [-0.2, 0) is 4.79 Å². The number of benzene rings is 1. The predicted molar refractivity (Wildman–Crippen MR) is 61.4 cm³/mol. The average molecular weight is 206 g/mol. The maximum atomic E-state index is 10.5. The summed E-state index contributed by atoms with van der Waals surface area (Å²) >= 11 is 0. The molecule has 1 N–H and O–H groups in total. The van der Waals surface area contributed by atoms with E-state index in [1.165, 1.54) is 5.56 Å². The zero-order valence-electron chi connectivity index (χ0n) is 9.79. The van der Waals surface area contributed by atoms with Crippen molar-refractivity contribution in [2.45, 2.75) is 40.0 Å². The van der Waals surface area contributed by atoms with Crippen molar-refractivity contribution in [3.05, 3.63) is 28.3 Å². The Balaban J connectivity index is 3.28. The Kier molecular flexibility index (Phi) is 3.51. The van der Waals surface area contributed by atoms with Gasteiger partial charge in [0.05, 0.1) is 0 Å². The molecule has 1 unspecified atom stereocenters. The van der Waals surface area contributed by atoms with Gasteiger partial charge in [-0.3, -0.25) is 0 Å². The summed E-state index contributed by atoms with van der Waals surface area (Å²) in [6, 6.07) is 1.78. The van der Waals surface area contributed by atoms with E-state index in [-0.39, 0.29) is 5.92 Å². The third-order valence-electron chi connectivity index (χ3n) is 3.07. The SMILES string of the molecule is Cc1cc(O)c(C)c(C)c1C(C)CC=O. The maximum absolute atomic E-state index is 10.5. The molecule has 1 atom stereocenters. The Morgan fingerprint density at radius 3 is 2.47 bits per heavy atom.